The van der Waals surface area contributed by atoms with Gasteiger partial charge in [0.1, 0.15) is 0 Å². The zero-order valence-corrected chi connectivity index (χ0v) is 7.58. The molecular weight excluding hydrogens is 150 g/mol. The van der Waals surface area contributed by atoms with Crippen LogP contribution < -0.4 is 5.32 Å². The molecule has 1 atom stereocenters. The molecule has 0 fully saturated rings. The third kappa shape index (κ3) is 2.93. The van der Waals surface area contributed by atoms with Crippen LogP contribution in [0.15, 0.2) is 30.3 Å². The van der Waals surface area contributed by atoms with Gasteiger partial charge < -0.3 is 10.1 Å². The van der Waals surface area contributed by atoms with E-state index in [4.69, 9.17) is 4.74 Å². The minimum atomic E-state index is 0.359. The van der Waals surface area contributed by atoms with Crippen molar-refractivity contribution in [1.82, 2.24) is 0 Å². The Bertz CT molecular complexity index is 210. The van der Waals surface area contributed by atoms with E-state index in [1.807, 2.05) is 30.3 Å². The van der Waals surface area contributed by atoms with Gasteiger partial charge in [0.15, 0.2) is 0 Å². The molecule has 2 heteroatoms. The van der Waals surface area contributed by atoms with Gasteiger partial charge >= 0.3 is 0 Å². The Morgan fingerprint density at radius 3 is 2.58 bits per heavy atom. The minimum absolute atomic E-state index is 0.359. The molecule has 1 N–H and O–H groups in total. The van der Waals surface area contributed by atoms with E-state index < -0.39 is 0 Å². The molecule has 0 unspecified atom stereocenters. The van der Waals surface area contributed by atoms with E-state index in [0.717, 1.165) is 12.3 Å². The summed E-state index contributed by atoms with van der Waals surface area (Å²) < 4.78 is 5.01. The Kier molecular flexibility index (Phi) is 3.61. The molecule has 0 aliphatic rings. The van der Waals surface area contributed by atoms with Gasteiger partial charge in [0.2, 0.25) is 0 Å². The molecule has 0 amide bonds. The number of para-hydroxylation sites is 1. The molecule has 0 aliphatic carbocycles. The smallest absolute Gasteiger partial charge is 0.0661 e. The van der Waals surface area contributed by atoms with Gasteiger partial charge in [0.25, 0.3) is 0 Å². The molecule has 0 spiro atoms. The standard InChI is InChI=1S/C10H15NO/c1-9(8-12-2)11-10-6-4-3-5-7-10/h3-7,9,11H,8H2,1-2H3/t9-/m1/s1. The summed E-state index contributed by atoms with van der Waals surface area (Å²) >= 11 is 0. The summed E-state index contributed by atoms with van der Waals surface area (Å²) in [5.41, 5.74) is 1.14. The lowest BCUT2D eigenvalue weighted by atomic mass is 10.3. The largest absolute Gasteiger partial charge is 0.383 e. The van der Waals surface area contributed by atoms with Crippen LogP contribution in [0.4, 0.5) is 5.69 Å². The first kappa shape index (κ1) is 9.07. The third-order valence-corrected chi connectivity index (χ3v) is 1.60. The van der Waals surface area contributed by atoms with Gasteiger partial charge in [-0.2, -0.15) is 0 Å². The molecule has 0 radical (unpaired) electrons. The van der Waals surface area contributed by atoms with E-state index >= 15 is 0 Å². The highest BCUT2D eigenvalue weighted by molar-refractivity contribution is 5.43. The zero-order valence-electron chi connectivity index (χ0n) is 7.58. The van der Waals surface area contributed by atoms with Crippen molar-refractivity contribution >= 4 is 5.69 Å². The average Bonchev–Trinajstić information content (AvgIpc) is 2.06. The lowest BCUT2D eigenvalue weighted by molar-refractivity contribution is 0.190. The quantitative estimate of drug-likeness (QED) is 0.738. The Labute approximate surface area is 73.6 Å². The maximum Gasteiger partial charge on any atom is 0.0661 e. The van der Waals surface area contributed by atoms with E-state index in [2.05, 4.69) is 12.2 Å². The normalized spacial score (nSPS) is 12.5. The molecule has 1 aromatic rings. The summed E-state index contributed by atoms with van der Waals surface area (Å²) in [6.07, 6.45) is 0. The van der Waals surface area contributed by atoms with Crippen molar-refractivity contribution < 1.29 is 4.74 Å². The lowest BCUT2D eigenvalue weighted by Crippen LogP contribution is -2.20. The topological polar surface area (TPSA) is 21.3 Å². The predicted octanol–water partition coefficient (Wildman–Crippen LogP) is 2.13. The summed E-state index contributed by atoms with van der Waals surface area (Å²) in [6, 6.07) is 10.5. The van der Waals surface area contributed by atoms with Crippen molar-refractivity contribution in [1.29, 1.82) is 0 Å². The fourth-order valence-electron chi connectivity index (χ4n) is 1.11. The van der Waals surface area contributed by atoms with Crippen LogP contribution >= 0.6 is 0 Å². The highest BCUT2D eigenvalue weighted by Gasteiger charge is 1.98. The third-order valence-electron chi connectivity index (χ3n) is 1.60. The first-order valence-corrected chi connectivity index (χ1v) is 4.13. The number of anilines is 1. The maximum atomic E-state index is 5.01. The molecule has 0 aromatic heterocycles. The molecule has 12 heavy (non-hydrogen) atoms. The zero-order chi connectivity index (χ0) is 8.81. The van der Waals surface area contributed by atoms with Gasteiger partial charge in [-0.3, -0.25) is 0 Å². The summed E-state index contributed by atoms with van der Waals surface area (Å²) in [5, 5.41) is 3.32. The minimum Gasteiger partial charge on any atom is -0.383 e. The number of hydrogen-bond acceptors (Lipinski definition) is 2. The number of rotatable bonds is 4. The van der Waals surface area contributed by atoms with Gasteiger partial charge in [-0.1, -0.05) is 18.2 Å². The summed E-state index contributed by atoms with van der Waals surface area (Å²) in [5.74, 6) is 0. The maximum absolute atomic E-state index is 5.01. The molecule has 0 saturated heterocycles. The van der Waals surface area contributed by atoms with E-state index in [-0.39, 0.29) is 0 Å². The molecular formula is C10H15NO. The number of benzene rings is 1. The van der Waals surface area contributed by atoms with Crippen LogP contribution in [0.5, 0.6) is 0 Å². The first-order valence-electron chi connectivity index (χ1n) is 4.13. The number of ether oxygens (including phenoxy) is 1. The van der Waals surface area contributed by atoms with Crippen LogP contribution in [0.3, 0.4) is 0 Å². The van der Waals surface area contributed by atoms with Gasteiger partial charge in [-0.05, 0) is 19.1 Å². The first-order chi connectivity index (χ1) is 5.83. The number of methoxy groups -OCH3 is 1. The van der Waals surface area contributed by atoms with Crippen molar-refractivity contribution in [3.8, 4) is 0 Å². The Hall–Kier alpha value is -1.02. The molecule has 0 saturated carbocycles. The van der Waals surface area contributed by atoms with E-state index in [1.54, 1.807) is 7.11 Å². The SMILES string of the molecule is COC[C@@H](C)Nc1ccccc1. The van der Waals surface area contributed by atoms with Gasteiger partial charge in [-0.15, -0.1) is 0 Å². The fourth-order valence-corrected chi connectivity index (χ4v) is 1.11. The summed E-state index contributed by atoms with van der Waals surface area (Å²) in [6.45, 7) is 2.82. The second-order valence-electron chi connectivity index (χ2n) is 2.87. The highest BCUT2D eigenvalue weighted by Crippen LogP contribution is 2.06. The van der Waals surface area contributed by atoms with Crippen molar-refractivity contribution in [2.24, 2.45) is 0 Å². The average molecular weight is 165 g/mol. The molecule has 0 bridgehead atoms. The van der Waals surface area contributed by atoms with Crippen molar-refractivity contribution in [3.05, 3.63) is 30.3 Å². The number of hydrogen-bond donors (Lipinski definition) is 1. The Morgan fingerprint density at radius 2 is 2.00 bits per heavy atom. The second kappa shape index (κ2) is 4.78. The van der Waals surface area contributed by atoms with Crippen molar-refractivity contribution in [2.75, 3.05) is 19.0 Å². The van der Waals surface area contributed by atoms with Gasteiger partial charge in [0, 0.05) is 18.8 Å². The van der Waals surface area contributed by atoms with E-state index in [1.165, 1.54) is 0 Å². The van der Waals surface area contributed by atoms with Gasteiger partial charge in [0.05, 0.1) is 6.61 Å². The molecule has 66 valence electrons. The van der Waals surface area contributed by atoms with Crippen LogP contribution in [-0.4, -0.2) is 19.8 Å². The summed E-state index contributed by atoms with van der Waals surface area (Å²) in [4.78, 5) is 0. The van der Waals surface area contributed by atoms with Crippen LogP contribution in [0.2, 0.25) is 0 Å². The highest BCUT2D eigenvalue weighted by atomic mass is 16.5. The molecule has 0 heterocycles. The monoisotopic (exact) mass is 165 g/mol. The molecule has 2 nitrogen and oxygen atoms in total. The van der Waals surface area contributed by atoms with Crippen molar-refractivity contribution in [3.63, 3.8) is 0 Å². The van der Waals surface area contributed by atoms with E-state index in [0.29, 0.717) is 6.04 Å². The van der Waals surface area contributed by atoms with Gasteiger partial charge in [-0.25, -0.2) is 0 Å². The van der Waals surface area contributed by atoms with Crippen LogP contribution in [-0.2, 0) is 4.74 Å². The predicted molar refractivity (Wildman–Crippen MR) is 51.4 cm³/mol. The lowest BCUT2D eigenvalue weighted by Gasteiger charge is -2.13. The molecule has 0 aliphatic heterocycles. The van der Waals surface area contributed by atoms with Crippen molar-refractivity contribution in [2.45, 2.75) is 13.0 Å². The Balaban J connectivity index is 2.41. The second-order valence-corrected chi connectivity index (χ2v) is 2.87. The summed E-state index contributed by atoms with van der Waals surface area (Å²) in [7, 11) is 1.71. The molecule has 1 aromatic carbocycles. The fraction of sp³-hybridized carbons (Fsp3) is 0.400. The van der Waals surface area contributed by atoms with Crippen LogP contribution in [0.1, 0.15) is 6.92 Å². The number of nitrogens with one attached hydrogen (secondary N) is 1. The Morgan fingerprint density at radius 1 is 1.33 bits per heavy atom. The molecule has 1 rings (SSSR count). The van der Waals surface area contributed by atoms with Crippen LogP contribution in [0, 0.1) is 0 Å². The van der Waals surface area contributed by atoms with Crippen LogP contribution in [0.25, 0.3) is 0 Å². The van der Waals surface area contributed by atoms with E-state index in [9.17, 15) is 0 Å².